The summed E-state index contributed by atoms with van der Waals surface area (Å²) >= 11 is 0. The van der Waals surface area contributed by atoms with Crippen LogP contribution in [0, 0.1) is 18.3 Å². The van der Waals surface area contributed by atoms with Gasteiger partial charge in [-0.3, -0.25) is 4.79 Å². The van der Waals surface area contributed by atoms with Gasteiger partial charge < -0.3 is 15.4 Å². The molecule has 1 aliphatic rings. The number of carbonyl (C=O) groups is 1. The van der Waals surface area contributed by atoms with Gasteiger partial charge in [0.05, 0.1) is 18.8 Å². The van der Waals surface area contributed by atoms with Crippen LogP contribution in [-0.2, 0) is 0 Å². The molecule has 1 aromatic rings. The number of nitrogens with zero attached hydrogens (tertiary/aromatic N) is 1. The molecule has 4 nitrogen and oxygen atoms in total. The summed E-state index contributed by atoms with van der Waals surface area (Å²) in [5.41, 5.74) is 6.93. The van der Waals surface area contributed by atoms with Crippen molar-refractivity contribution in [1.29, 1.82) is 0 Å². The molecule has 0 aromatic heterocycles. The first-order valence-corrected chi connectivity index (χ1v) is 6.90. The first-order chi connectivity index (χ1) is 9.65. The van der Waals surface area contributed by atoms with Crippen LogP contribution in [0.25, 0.3) is 0 Å². The lowest BCUT2D eigenvalue weighted by Crippen LogP contribution is -2.33. The molecular weight excluding hydrogens is 252 g/mol. The van der Waals surface area contributed by atoms with E-state index in [2.05, 4.69) is 5.92 Å². The quantitative estimate of drug-likeness (QED) is 0.637. The molecule has 1 aromatic carbocycles. The summed E-state index contributed by atoms with van der Waals surface area (Å²) in [7, 11) is 0. The standard InChI is InChI=1S/C16H20N2O2/c1-3-9-18(11-12-5-6-12)16(19)13-7-8-15(20-4-2)14(17)10-13/h1,7-8,10,12H,4-6,9,11,17H2,2H3. The number of hydrogen-bond donors (Lipinski definition) is 1. The summed E-state index contributed by atoms with van der Waals surface area (Å²) < 4.78 is 5.37. The summed E-state index contributed by atoms with van der Waals surface area (Å²) in [6.45, 7) is 3.50. The van der Waals surface area contributed by atoms with Crippen molar-refractivity contribution in [3.05, 3.63) is 23.8 Å². The Hall–Kier alpha value is -2.15. The molecule has 0 saturated heterocycles. The highest BCUT2D eigenvalue weighted by Gasteiger charge is 2.27. The fourth-order valence-electron chi connectivity index (χ4n) is 2.09. The summed E-state index contributed by atoms with van der Waals surface area (Å²) in [5.74, 6) is 3.69. The highest BCUT2D eigenvalue weighted by Crippen LogP contribution is 2.30. The fourth-order valence-corrected chi connectivity index (χ4v) is 2.09. The second-order valence-electron chi connectivity index (χ2n) is 5.02. The van der Waals surface area contributed by atoms with Gasteiger partial charge in [-0.1, -0.05) is 5.92 Å². The van der Waals surface area contributed by atoms with Crippen LogP contribution in [0.15, 0.2) is 18.2 Å². The maximum atomic E-state index is 12.5. The second-order valence-corrected chi connectivity index (χ2v) is 5.02. The zero-order valence-electron chi connectivity index (χ0n) is 11.8. The molecule has 0 heterocycles. The van der Waals surface area contributed by atoms with Crippen molar-refractivity contribution >= 4 is 11.6 Å². The van der Waals surface area contributed by atoms with E-state index in [-0.39, 0.29) is 5.91 Å². The van der Waals surface area contributed by atoms with Crippen LogP contribution in [0.2, 0.25) is 0 Å². The molecule has 106 valence electrons. The van der Waals surface area contributed by atoms with E-state index < -0.39 is 0 Å². The minimum absolute atomic E-state index is 0.0652. The number of benzene rings is 1. The molecule has 1 aliphatic carbocycles. The summed E-state index contributed by atoms with van der Waals surface area (Å²) in [6.07, 6.45) is 7.71. The monoisotopic (exact) mass is 272 g/mol. The van der Waals surface area contributed by atoms with E-state index in [9.17, 15) is 4.79 Å². The van der Waals surface area contributed by atoms with E-state index in [0.29, 0.717) is 36.1 Å². The van der Waals surface area contributed by atoms with Crippen molar-refractivity contribution in [3.8, 4) is 18.1 Å². The minimum atomic E-state index is -0.0652. The third kappa shape index (κ3) is 3.45. The van der Waals surface area contributed by atoms with Crippen LogP contribution in [-0.4, -0.2) is 30.5 Å². The first kappa shape index (κ1) is 14.3. The molecule has 2 rings (SSSR count). The highest BCUT2D eigenvalue weighted by molar-refractivity contribution is 5.95. The molecule has 0 aliphatic heterocycles. The van der Waals surface area contributed by atoms with Crippen molar-refractivity contribution in [3.63, 3.8) is 0 Å². The van der Waals surface area contributed by atoms with Crippen LogP contribution >= 0.6 is 0 Å². The number of carbonyl (C=O) groups excluding carboxylic acids is 1. The largest absolute Gasteiger partial charge is 0.492 e. The Morgan fingerprint density at radius 3 is 2.85 bits per heavy atom. The Balaban J connectivity index is 2.13. The van der Waals surface area contributed by atoms with Gasteiger partial charge in [-0.15, -0.1) is 6.42 Å². The van der Waals surface area contributed by atoms with Gasteiger partial charge in [-0.25, -0.2) is 0 Å². The molecule has 1 fully saturated rings. The minimum Gasteiger partial charge on any atom is -0.492 e. The predicted molar refractivity (Wildman–Crippen MR) is 79.5 cm³/mol. The normalized spacial score (nSPS) is 13.6. The molecule has 0 unspecified atom stereocenters. The number of nitrogen functional groups attached to an aromatic ring is 1. The molecule has 0 radical (unpaired) electrons. The fraction of sp³-hybridized carbons (Fsp3) is 0.438. The molecule has 4 heteroatoms. The van der Waals surface area contributed by atoms with Crippen molar-refractivity contribution in [1.82, 2.24) is 4.90 Å². The highest BCUT2D eigenvalue weighted by atomic mass is 16.5. The van der Waals surface area contributed by atoms with Gasteiger partial charge in [0.25, 0.3) is 5.91 Å². The Kier molecular flexibility index (Phi) is 4.52. The third-order valence-corrected chi connectivity index (χ3v) is 3.30. The molecular formula is C16H20N2O2. The van der Waals surface area contributed by atoms with Crippen LogP contribution in [0.1, 0.15) is 30.1 Å². The average molecular weight is 272 g/mol. The maximum absolute atomic E-state index is 12.5. The Bertz CT molecular complexity index is 530. The molecule has 2 N–H and O–H groups in total. The van der Waals surface area contributed by atoms with Crippen molar-refractivity contribution in [2.45, 2.75) is 19.8 Å². The second kappa shape index (κ2) is 6.33. The van der Waals surface area contributed by atoms with Gasteiger partial charge in [-0.05, 0) is 43.9 Å². The van der Waals surface area contributed by atoms with Gasteiger partial charge in [0.15, 0.2) is 0 Å². The zero-order valence-corrected chi connectivity index (χ0v) is 11.8. The molecule has 1 saturated carbocycles. The molecule has 1 amide bonds. The van der Waals surface area contributed by atoms with Gasteiger partial charge >= 0.3 is 0 Å². The lowest BCUT2D eigenvalue weighted by molar-refractivity contribution is 0.0770. The number of terminal acetylenes is 1. The molecule has 20 heavy (non-hydrogen) atoms. The Morgan fingerprint density at radius 2 is 2.30 bits per heavy atom. The summed E-state index contributed by atoms with van der Waals surface area (Å²) in [6, 6.07) is 5.13. The van der Waals surface area contributed by atoms with Gasteiger partial charge in [0.2, 0.25) is 0 Å². The molecule has 0 atom stereocenters. The topological polar surface area (TPSA) is 55.6 Å². The van der Waals surface area contributed by atoms with Crippen LogP contribution < -0.4 is 10.5 Å². The Morgan fingerprint density at radius 1 is 1.55 bits per heavy atom. The van der Waals surface area contributed by atoms with Crippen molar-refractivity contribution in [2.75, 3.05) is 25.4 Å². The number of amides is 1. The average Bonchev–Trinajstić information content (AvgIpc) is 3.24. The van der Waals surface area contributed by atoms with E-state index >= 15 is 0 Å². The predicted octanol–water partition coefficient (Wildman–Crippen LogP) is 2.15. The number of nitrogens with two attached hydrogens (primary N) is 1. The number of hydrogen-bond acceptors (Lipinski definition) is 3. The molecule has 0 spiro atoms. The van der Waals surface area contributed by atoms with E-state index in [0.717, 1.165) is 6.54 Å². The lowest BCUT2D eigenvalue weighted by atomic mass is 10.1. The van der Waals surface area contributed by atoms with Gasteiger partial charge in [0.1, 0.15) is 5.75 Å². The Labute approximate surface area is 119 Å². The van der Waals surface area contributed by atoms with Crippen molar-refractivity contribution in [2.24, 2.45) is 5.92 Å². The van der Waals surface area contributed by atoms with E-state index in [1.165, 1.54) is 12.8 Å². The zero-order chi connectivity index (χ0) is 14.5. The smallest absolute Gasteiger partial charge is 0.254 e. The third-order valence-electron chi connectivity index (χ3n) is 3.30. The van der Waals surface area contributed by atoms with Gasteiger partial charge in [0, 0.05) is 12.1 Å². The SMILES string of the molecule is C#CCN(CC1CC1)C(=O)c1ccc(OCC)c(N)c1. The van der Waals surface area contributed by atoms with Crippen molar-refractivity contribution < 1.29 is 9.53 Å². The van der Waals surface area contributed by atoms with Crippen LogP contribution in [0.5, 0.6) is 5.75 Å². The summed E-state index contributed by atoms with van der Waals surface area (Å²) in [5, 5.41) is 0. The van der Waals surface area contributed by atoms with E-state index in [1.807, 2.05) is 6.92 Å². The lowest BCUT2D eigenvalue weighted by Gasteiger charge is -2.20. The van der Waals surface area contributed by atoms with E-state index in [4.69, 9.17) is 16.9 Å². The van der Waals surface area contributed by atoms with Gasteiger partial charge in [-0.2, -0.15) is 0 Å². The summed E-state index contributed by atoms with van der Waals surface area (Å²) in [4.78, 5) is 14.2. The maximum Gasteiger partial charge on any atom is 0.254 e. The number of ether oxygens (including phenoxy) is 1. The number of rotatable bonds is 6. The van der Waals surface area contributed by atoms with E-state index in [1.54, 1.807) is 23.1 Å². The molecule has 0 bridgehead atoms. The van der Waals surface area contributed by atoms with Crippen LogP contribution in [0.4, 0.5) is 5.69 Å². The first-order valence-electron chi connectivity index (χ1n) is 6.90. The van der Waals surface area contributed by atoms with Crippen LogP contribution in [0.3, 0.4) is 0 Å². The number of anilines is 1.